The first kappa shape index (κ1) is 10.9. The number of rotatable bonds is 2. The van der Waals surface area contributed by atoms with Crippen molar-refractivity contribution in [1.82, 2.24) is 14.8 Å². The molecule has 0 amide bonds. The zero-order valence-electron chi connectivity index (χ0n) is 9.41. The van der Waals surface area contributed by atoms with E-state index < -0.39 is 0 Å². The lowest BCUT2D eigenvalue weighted by molar-refractivity contribution is 0.259. The summed E-state index contributed by atoms with van der Waals surface area (Å²) in [6.45, 7) is 4.25. The molecule has 1 aliphatic carbocycles. The van der Waals surface area contributed by atoms with E-state index in [9.17, 15) is 0 Å². The van der Waals surface area contributed by atoms with Crippen LogP contribution >= 0.6 is 11.6 Å². The first-order chi connectivity index (χ1) is 7.22. The third-order valence-electron chi connectivity index (χ3n) is 3.52. The minimum atomic E-state index is 0.520. The van der Waals surface area contributed by atoms with Crippen molar-refractivity contribution in [2.45, 2.75) is 52.0 Å². The smallest absolute Gasteiger partial charge is 0.225 e. The number of nitrogens with zero attached hydrogens (tertiary/aromatic N) is 3. The predicted octanol–water partition coefficient (Wildman–Crippen LogP) is 3.38. The highest BCUT2D eigenvalue weighted by Crippen LogP contribution is 2.35. The maximum atomic E-state index is 6.06. The van der Waals surface area contributed by atoms with E-state index in [0.29, 0.717) is 11.3 Å². The molecule has 84 valence electrons. The molecule has 0 bridgehead atoms. The molecule has 4 heteroatoms. The fourth-order valence-corrected chi connectivity index (χ4v) is 2.92. The van der Waals surface area contributed by atoms with Crippen LogP contribution in [0.1, 0.15) is 50.9 Å². The molecule has 1 aromatic rings. The highest BCUT2D eigenvalue weighted by atomic mass is 35.5. The molecule has 1 heterocycles. The Labute approximate surface area is 95.8 Å². The van der Waals surface area contributed by atoms with Crippen LogP contribution in [0.25, 0.3) is 0 Å². The number of aromatic nitrogens is 3. The Morgan fingerprint density at radius 3 is 2.80 bits per heavy atom. The predicted molar refractivity (Wildman–Crippen MR) is 61.1 cm³/mol. The van der Waals surface area contributed by atoms with Gasteiger partial charge in [0.25, 0.3) is 0 Å². The van der Waals surface area contributed by atoms with Gasteiger partial charge in [-0.15, -0.1) is 10.2 Å². The molecular weight excluding hydrogens is 210 g/mol. The van der Waals surface area contributed by atoms with Crippen molar-refractivity contribution < 1.29 is 0 Å². The summed E-state index contributed by atoms with van der Waals surface area (Å²) in [5, 5.41) is 8.49. The summed E-state index contributed by atoms with van der Waals surface area (Å²) in [5.74, 6) is 1.79. The van der Waals surface area contributed by atoms with Crippen LogP contribution in [-0.4, -0.2) is 14.8 Å². The van der Waals surface area contributed by atoms with Gasteiger partial charge in [0.2, 0.25) is 5.28 Å². The van der Waals surface area contributed by atoms with Crippen molar-refractivity contribution in [3.63, 3.8) is 0 Å². The highest BCUT2D eigenvalue weighted by molar-refractivity contribution is 6.28. The molecule has 15 heavy (non-hydrogen) atoms. The minimum absolute atomic E-state index is 0.520. The van der Waals surface area contributed by atoms with Crippen molar-refractivity contribution in [2.75, 3.05) is 0 Å². The Morgan fingerprint density at radius 1 is 1.40 bits per heavy atom. The van der Waals surface area contributed by atoms with Crippen LogP contribution in [0.15, 0.2) is 0 Å². The van der Waals surface area contributed by atoms with Gasteiger partial charge in [0.15, 0.2) is 0 Å². The summed E-state index contributed by atoms with van der Waals surface area (Å²) in [6, 6.07) is 0.520. The van der Waals surface area contributed by atoms with Gasteiger partial charge in [-0.3, -0.25) is 4.57 Å². The average molecular weight is 228 g/mol. The van der Waals surface area contributed by atoms with Gasteiger partial charge in [-0.25, -0.2) is 0 Å². The van der Waals surface area contributed by atoms with Gasteiger partial charge in [0.1, 0.15) is 5.82 Å². The molecule has 0 aliphatic heterocycles. The van der Waals surface area contributed by atoms with Gasteiger partial charge in [-0.05, 0) is 37.3 Å². The Morgan fingerprint density at radius 2 is 2.20 bits per heavy atom. The number of hydrogen-bond donors (Lipinski definition) is 0. The molecule has 0 aromatic carbocycles. The zero-order valence-corrected chi connectivity index (χ0v) is 10.2. The maximum absolute atomic E-state index is 6.06. The van der Waals surface area contributed by atoms with Crippen molar-refractivity contribution in [3.8, 4) is 0 Å². The average Bonchev–Trinajstić information content (AvgIpc) is 2.59. The van der Waals surface area contributed by atoms with E-state index >= 15 is 0 Å². The van der Waals surface area contributed by atoms with Crippen LogP contribution in [0, 0.1) is 12.8 Å². The standard InChI is InChI=1S/C11H18ClN3/c1-3-9-5-4-6-10(7-9)15-8(2)13-14-11(15)12/h9-10H,3-7H2,1-2H3. The quantitative estimate of drug-likeness (QED) is 0.776. The molecule has 1 aliphatic rings. The molecule has 2 unspecified atom stereocenters. The molecule has 0 saturated heterocycles. The van der Waals surface area contributed by atoms with Crippen LogP contribution in [0.5, 0.6) is 0 Å². The first-order valence-electron chi connectivity index (χ1n) is 5.79. The third-order valence-corrected chi connectivity index (χ3v) is 3.78. The van der Waals surface area contributed by atoms with Crippen LogP contribution in [-0.2, 0) is 0 Å². The second-order valence-corrected chi connectivity index (χ2v) is 4.82. The zero-order chi connectivity index (χ0) is 10.8. The van der Waals surface area contributed by atoms with Crippen molar-refractivity contribution >= 4 is 11.6 Å². The number of halogens is 1. The summed E-state index contributed by atoms with van der Waals surface area (Å²) >= 11 is 6.06. The topological polar surface area (TPSA) is 30.7 Å². The van der Waals surface area contributed by atoms with Crippen LogP contribution in [0.2, 0.25) is 5.28 Å². The minimum Gasteiger partial charge on any atom is -0.299 e. The summed E-state index contributed by atoms with van der Waals surface area (Å²) < 4.78 is 2.10. The largest absolute Gasteiger partial charge is 0.299 e. The van der Waals surface area contributed by atoms with Crippen molar-refractivity contribution in [2.24, 2.45) is 5.92 Å². The Balaban J connectivity index is 2.16. The fourth-order valence-electron chi connectivity index (χ4n) is 2.63. The van der Waals surface area contributed by atoms with Gasteiger partial charge in [-0.1, -0.05) is 26.2 Å². The Kier molecular flexibility index (Phi) is 3.29. The first-order valence-corrected chi connectivity index (χ1v) is 6.17. The van der Waals surface area contributed by atoms with Crippen LogP contribution < -0.4 is 0 Å². The fraction of sp³-hybridized carbons (Fsp3) is 0.818. The molecule has 1 fully saturated rings. The second kappa shape index (κ2) is 4.52. The molecule has 0 radical (unpaired) electrons. The van der Waals surface area contributed by atoms with E-state index in [1.54, 1.807) is 0 Å². The van der Waals surface area contributed by atoms with Gasteiger partial charge in [-0.2, -0.15) is 0 Å². The monoisotopic (exact) mass is 227 g/mol. The van der Waals surface area contributed by atoms with E-state index in [2.05, 4.69) is 21.7 Å². The van der Waals surface area contributed by atoms with Crippen LogP contribution in [0.3, 0.4) is 0 Å². The van der Waals surface area contributed by atoms with Crippen molar-refractivity contribution in [3.05, 3.63) is 11.1 Å². The highest BCUT2D eigenvalue weighted by Gasteiger charge is 2.24. The normalized spacial score (nSPS) is 26.9. The number of hydrogen-bond acceptors (Lipinski definition) is 2. The Hall–Kier alpha value is -0.570. The molecular formula is C11H18ClN3. The Bertz CT molecular complexity index is 315. The summed E-state index contributed by atoms with van der Waals surface area (Å²) in [4.78, 5) is 0. The van der Waals surface area contributed by atoms with E-state index in [0.717, 1.165) is 11.7 Å². The van der Waals surface area contributed by atoms with E-state index in [-0.39, 0.29) is 0 Å². The lowest BCUT2D eigenvalue weighted by Crippen LogP contribution is -2.20. The van der Waals surface area contributed by atoms with Crippen molar-refractivity contribution in [1.29, 1.82) is 0 Å². The summed E-state index contributed by atoms with van der Waals surface area (Å²) in [6.07, 6.45) is 6.39. The van der Waals surface area contributed by atoms with Gasteiger partial charge >= 0.3 is 0 Å². The molecule has 1 aromatic heterocycles. The summed E-state index contributed by atoms with van der Waals surface area (Å²) in [7, 11) is 0. The maximum Gasteiger partial charge on any atom is 0.225 e. The molecule has 2 atom stereocenters. The van der Waals surface area contributed by atoms with Gasteiger partial charge in [0, 0.05) is 6.04 Å². The lowest BCUT2D eigenvalue weighted by Gasteiger charge is -2.29. The van der Waals surface area contributed by atoms with Gasteiger partial charge < -0.3 is 0 Å². The molecule has 3 nitrogen and oxygen atoms in total. The number of aryl methyl sites for hydroxylation is 1. The molecule has 0 spiro atoms. The SMILES string of the molecule is CCC1CCCC(n2c(C)nnc2Cl)C1. The van der Waals surface area contributed by atoms with E-state index in [1.807, 2.05) is 6.92 Å². The lowest BCUT2D eigenvalue weighted by atomic mass is 9.84. The van der Waals surface area contributed by atoms with Gasteiger partial charge in [0.05, 0.1) is 0 Å². The molecule has 0 N–H and O–H groups in total. The molecule has 1 saturated carbocycles. The molecule has 2 rings (SSSR count). The third kappa shape index (κ3) is 2.17. The van der Waals surface area contributed by atoms with Crippen LogP contribution in [0.4, 0.5) is 0 Å². The second-order valence-electron chi connectivity index (χ2n) is 4.48. The van der Waals surface area contributed by atoms with E-state index in [1.165, 1.54) is 32.1 Å². The van der Waals surface area contributed by atoms with E-state index in [4.69, 9.17) is 11.6 Å². The summed E-state index contributed by atoms with van der Waals surface area (Å²) in [5.41, 5.74) is 0.